The molecular weight excluding hydrogens is 304 g/mol. The highest BCUT2D eigenvalue weighted by Gasteiger charge is 2.15. The number of hydrogen-bond acceptors (Lipinski definition) is 3. The van der Waals surface area contributed by atoms with E-state index in [1.54, 1.807) is 11.8 Å². The number of benzene rings is 1. The first-order valence-corrected chi connectivity index (χ1v) is 7.84. The molecule has 1 aromatic carbocycles. The summed E-state index contributed by atoms with van der Waals surface area (Å²) in [5, 5.41) is 2.86. The molecule has 5 heteroatoms. The molecule has 0 heterocycles. The standard InChI is InChI=1S/C16H26N2OS.ClH/c1-11(2)10-14(17)15(19)18-12-6-8-13(9-7-12)20-16(3,4)5;/h6-9,11,14H,10,17H2,1-5H3,(H,18,19);1H/t14-;/m0./s1. The van der Waals surface area contributed by atoms with Crippen molar-refractivity contribution in [2.75, 3.05) is 5.32 Å². The molecule has 0 aliphatic rings. The lowest BCUT2D eigenvalue weighted by Crippen LogP contribution is -2.36. The number of carbonyl (C=O) groups is 1. The van der Waals surface area contributed by atoms with Gasteiger partial charge in [0.25, 0.3) is 0 Å². The van der Waals surface area contributed by atoms with Crippen molar-refractivity contribution in [3.8, 4) is 0 Å². The second-order valence-electron chi connectivity index (χ2n) is 6.46. The van der Waals surface area contributed by atoms with Crippen molar-refractivity contribution in [2.24, 2.45) is 11.7 Å². The average Bonchev–Trinajstić information content (AvgIpc) is 2.28. The summed E-state index contributed by atoms with van der Waals surface area (Å²) in [5.41, 5.74) is 6.66. The molecule has 120 valence electrons. The molecule has 1 amide bonds. The van der Waals surface area contributed by atoms with E-state index in [4.69, 9.17) is 5.73 Å². The summed E-state index contributed by atoms with van der Waals surface area (Å²) in [7, 11) is 0. The van der Waals surface area contributed by atoms with E-state index in [9.17, 15) is 4.79 Å². The van der Waals surface area contributed by atoms with Gasteiger partial charge in [0, 0.05) is 15.3 Å². The second-order valence-corrected chi connectivity index (χ2v) is 8.36. The first kappa shape index (κ1) is 20.3. The Morgan fingerprint density at radius 3 is 2.19 bits per heavy atom. The third-order valence-corrected chi connectivity index (χ3v) is 3.73. The van der Waals surface area contributed by atoms with Crippen LogP contribution in [0.2, 0.25) is 0 Å². The van der Waals surface area contributed by atoms with Crippen molar-refractivity contribution in [1.82, 2.24) is 0 Å². The van der Waals surface area contributed by atoms with E-state index >= 15 is 0 Å². The summed E-state index contributed by atoms with van der Waals surface area (Å²) in [5.74, 6) is 0.302. The van der Waals surface area contributed by atoms with Crippen LogP contribution in [0.3, 0.4) is 0 Å². The molecular formula is C16H27ClN2OS. The van der Waals surface area contributed by atoms with Gasteiger partial charge in [-0.05, 0) is 36.6 Å². The number of anilines is 1. The quantitative estimate of drug-likeness (QED) is 0.791. The topological polar surface area (TPSA) is 55.1 Å². The number of amides is 1. The van der Waals surface area contributed by atoms with Crippen LogP contribution < -0.4 is 11.1 Å². The molecule has 0 bridgehead atoms. The summed E-state index contributed by atoms with van der Waals surface area (Å²) in [6.45, 7) is 10.7. The number of thioether (sulfide) groups is 1. The van der Waals surface area contributed by atoms with Crippen molar-refractivity contribution in [1.29, 1.82) is 0 Å². The van der Waals surface area contributed by atoms with Crippen molar-refractivity contribution in [3.05, 3.63) is 24.3 Å². The molecule has 21 heavy (non-hydrogen) atoms. The fourth-order valence-electron chi connectivity index (χ4n) is 1.81. The number of nitrogens with two attached hydrogens (primary N) is 1. The first-order chi connectivity index (χ1) is 9.17. The van der Waals surface area contributed by atoms with Crippen LogP contribution in [0.15, 0.2) is 29.2 Å². The zero-order chi connectivity index (χ0) is 15.3. The van der Waals surface area contributed by atoms with Gasteiger partial charge in [-0.15, -0.1) is 24.2 Å². The zero-order valence-corrected chi connectivity index (χ0v) is 15.1. The largest absolute Gasteiger partial charge is 0.325 e. The number of nitrogens with one attached hydrogen (secondary N) is 1. The van der Waals surface area contributed by atoms with Gasteiger partial charge in [-0.2, -0.15) is 0 Å². The number of halogens is 1. The summed E-state index contributed by atoms with van der Waals surface area (Å²) in [6.07, 6.45) is 0.698. The SMILES string of the molecule is CC(C)C[C@H](N)C(=O)Nc1ccc(SC(C)(C)C)cc1.Cl. The summed E-state index contributed by atoms with van der Waals surface area (Å²) >= 11 is 1.81. The van der Waals surface area contributed by atoms with Gasteiger partial charge in [0.2, 0.25) is 5.91 Å². The highest BCUT2D eigenvalue weighted by Crippen LogP contribution is 2.32. The van der Waals surface area contributed by atoms with Gasteiger partial charge in [0.05, 0.1) is 6.04 Å². The van der Waals surface area contributed by atoms with Gasteiger partial charge >= 0.3 is 0 Å². The van der Waals surface area contributed by atoms with E-state index in [0.29, 0.717) is 12.3 Å². The Balaban J connectivity index is 0.00000400. The molecule has 3 N–H and O–H groups in total. The number of carbonyl (C=O) groups excluding carboxylic acids is 1. The molecule has 0 aliphatic carbocycles. The summed E-state index contributed by atoms with van der Waals surface area (Å²) < 4.78 is 0.185. The smallest absolute Gasteiger partial charge is 0.241 e. The Morgan fingerprint density at radius 1 is 1.24 bits per heavy atom. The lowest BCUT2D eigenvalue weighted by molar-refractivity contribution is -0.117. The Morgan fingerprint density at radius 2 is 1.76 bits per heavy atom. The fourth-order valence-corrected chi connectivity index (χ4v) is 2.79. The molecule has 0 fully saturated rings. The highest BCUT2D eigenvalue weighted by molar-refractivity contribution is 8.00. The van der Waals surface area contributed by atoms with Crippen LogP contribution >= 0.6 is 24.2 Å². The Bertz CT molecular complexity index is 441. The van der Waals surface area contributed by atoms with Gasteiger partial charge < -0.3 is 11.1 Å². The molecule has 1 rings (SSSR count). The molecule has 0 unspecified atom stereocenters. The van der Waals surface area contributed by atoms with Gasteiger partial charge in [0.15, 0.2) is 0 Å². The predicted molar refractivity (Wildman–Crippen MR) is 95.4 cm³/mol. The minimum Gasteiger partial charge on any atom is -0.325 e. The van der Waals surface area contributed by atoms with E-state index < -0.39 is 6.04 Å². The van der Waals surface area contributed by atoms with Crippen molar-refractivity contribution >= 4 is 35.8 Å². The van der Waals surface area contributed by atoms with Gasteiger partial charge in [-0.25, -0.2) is 0 Å². The van der Waals surface area contributed by atoms with Gasteiger partial charge in [-0.3, -0.25) is 4.79 Å². The summed E-state index contributed by atoms with van der Waals surface area (Å²) in [6, 6.07) is 7.46. The van der Waals surface area contributed by atoms with Crippen LogP contribution in [0.25, 0.3) is 0 Å². The molecule has 3 nitrogen and oxygen atoms in total. The highest BCUT2D eigenvalue weighted by atomic mass is 35.5. The molecule has 0 spiro atoms. The van der Waals surface area contributed by atoms with Crippen molar-refractivity contribution < 1.29 is 4.79 Å². The Kier molecular flexibility index (Phi) is 8.37. The predicted octanol–water partition coefficient (Wildman–Crippen LogP) is 4.31. The maximum absolute atomic E-state index is 11.9. The van der Waals surface area contributed by atoms with Crippen molar-refractivity contribution in [3.63, 3.8) is 0 Å². The molecule has 0 aromatic heterocycles. The molecule has 1 aromatic rings. The number of rotatable bonds is 5. The van der Waals surface area contributed by atoms with Gasteiger partial charge in [0.1, 0.15) is 0 Å². The summed E-state index contributed by atoms with van der Waals surface area (Å²) in [4.78, 5) is 13.1. The normalized spacial score (nSPS) is 12.7. The van der Waals surface area contributed by atoms with Crippen LogP contribution in [0.1, 0.15) is 41.0 Å². The second kappa shape index (κ2) is 8.66. The zero-order valence-electron chi connectivity index (χ0n) is 13.5. The third kappa shape index (κ3) is 8.34. The number of hydrogen-bond donors (Lipinski definition) is 2. The van der Waals surface area contributed by atoms with Gasteiger partial charge in [-0.1, -0.05) is 34.6 Å². The van der Waals surface area contributed by atoms with Crippen LogP contribution in [-0.4, -0.2) is 16.7 Å². The average molecular weight is 331 g/mol. The first-order valence-electron chi connectivity index (χ1n) is 7.03. The minimum atomic E-state index is -0.446. The molecule has 0 radical (unpaired) electrons. The van der Waals surface area contributed by atoms with Crippen LogP contribution in [0.5, 0.6) is 0 Å². The van der Waals surface area contributed by atoms with E-state index in [0.717, 1.165) is 5.69 Å². The molecule has 0 saturated heterocycles. The molecule has 0 saturated carbocycles. The molecule has 1 atom stereocenters. The minimum absolute atomic E-state index is 0. The van der Waals surface area contributed by atoms with E-state index in [2.05, 4.69) is 39.9 Å². The van der Waals surface area contributed by atoms with E-state index in [-0.39, 0.29) is 23.1 Å². The third-order valence-electron chi connectivity index (χ3n) is 2.61. The maximum atomic E-state index is 11.9. The lowest BCUT2D eigenvalue weighted by atomic mass is 10.0. The Hall–Kier alpha value is -0.710. The van der Waals surface area contributed by atoms with Crippen LogP contribution in [0.4, 0.5) is 5.69 Å². The van der Waals surface area contributed by atoms with Crippen molar-refractivity contribution in [2.45, 2.75) is 56.7 Å². The lowest BCUT2D eigenvalue weighted by Gasteiger charge is -2.18. The maximum Gasteiger partial charge on any atom is 0.241 e. The van der Waals surface area contributed by atoms with Crippen LogP contribution in [0, 0.1) is 5.92 Å². The van der Waals surface area contributed by atoms with Crippen LogP contribution in [-0.2, 0) is 4.79 Å². The molecule has 0 aliphatic heterocycles. The monoisotopic (exact) mass is 330 g/mol. The van der Waals surface area contributed by atoms with E-state index in [1.807, 2.05) is 24.3 Å². The fraction of sp³-hybridized carbons (Fsp3) is 0.562. The Labute approximate surface area is 138 Å². The van der Waals surface area contributed by atoms with E-state index in [1.165, 1.54) is 4.90 Å².